The average molecular weight is 374 g/mol. The number of nitrogens with one attached hydrogen (secondary N) is 1. The van der Waals surface area contributed by atoms with Gasteiger partial charge in [-0.15, -0.1) is 11.8 Å². The maximum atomic E-state index is 12.6. The lowest BCUT2D eigenvalue weighted by atomic mass is 10.1. The van der Waals surface area contributed by atoms with Crippen molar-refractivity contribution in [2.45, 2.75) is 4.90 Å². The second-order valence-electron chi connectivity index (χ2n) is 5.91. The minimum atomic E-state index is -0.156. The van der Waals surface area contributed by atoms with Crippen LogP contribution in [0.4, 0.5) is 0 Å². The Kier molecular flexibility index (Phi) is 5.16. The molecule has 0 aliphatic carbocycles. The van der Waals surface area contributed by atoms with Crippen molar-refractivity contribution in [3.63, 3.8) is 0 Å². The van der Waals surface area contributed by atoms with Gasteiger partial charge in [-0.1, -0.05) is 48.5 Å². The van der Waals surface area contributed by atoms with Crippen LogP contribution in [0.15, 0.2) is 84.0 Å². The van der Waals surface area contributed by atoms with Gasteiger partial charge >= 0.3 is 0 Å². The monoisotopic (exact) mass is 374 g/mol. The number of hydrogen-bond acceptors (Lipinski definition) is 4. The summed E-state index contributed by atoms with van der Waals surface area (Å²) in [6, 6.07) is 22.0. The molecule has 0 bridgehead atoms. The Balaban J connectivity index is 1.46. The topological polar surface area (TPSA) is 59.3 Å². The van der Waals surface area contributed by atoms with Gasteiger partial charge in [0, 0.05) is 29.0 Å². The highest BCUT2D eigenvalue weighted by Gasteiger charge is 2.15. The molecule has 0 unspecified atom stereocenters. The molecule has 5 nitrogen and oxygen atoms in total. The van der Waals surface area contributed by atoms with Crippen LogP contribution in [0.25, 0.3) is 16.9 Å². The summed E-state index contributed by atoms with van der Waals surface area (Å²) in [4.78, 5) is 18.1. The van der Waals surface area contributed by atoms with Gasteiger partial charge in [-0.25, -0.2) is 9.50 Å². The molecular formula is C21H18N4OS. The van der Waals surface area contributed by atoms with Gasteiger partial charge in [0.05, 0.1) is 11.9 Å². The Labute approximate surface area is 161 Å². The molecule has 0 spiro atoms. The van der Waals surface area contributed by atoms with Crippen LogP contribution in [0.3, 0.4) is 0 Å². The van der Waals surface area contributed by atoms with Crippen molar-refractivity contribution in [1.29, 1.82) is 0 Å². The van der Waals surface area contributed by atoms with Crippen LogP contribution in [0.1, 0.15) is 10.4 Å². The second kappa shape index (κ2) is 8.05. The Hall–Kier alpha value is -3.12. The number of thioether (sulfide) groups is 1. The van der Waals surface area contributed by atoms with Crippen molar-refractivity contribution in [3.05, 3.63) is 84.7 Å². The summed E-state index contributed by atoms with van der Waals surface area (Å²) in [6.45, 7) is 0.577. The van der Waals surface area contributed by atoms with E-state index >= 15 is 0 Å². The van der Waals surface area contributed by atoms with Gasteiger partial charge in [0.2, 0.25) is 0 Å². The standard InChI is InChI=1S/C21H18N4OS/c26-21(23-13-14-27-17-9-5-2-6-10-17)18-15-24-25-19(11-12-22-20(18)25)16-7-3-1-4-8-16/h1-12,15H,13-14H2,(H,23,26). The molecule has 0 saturated carbocycles. The first-order valence-electron chi connectivity index (χ1n) is 8.67. The highest BCUT2D eigenvalue weighted by Crippen LogP contribution is 2.20. The molecule has 6 heteroatoms. The predicted octanol–water partition coefficient (Wildman–Crippen LogP) is 3.92. The van der Waals surface area contributed by atoms with Crippen molar-refractivity contribution in [1.82, 2.24) is 19.9 Å². The van der Waals surface area contributed by atoms with Gasteiger partial charge in [-0.05, 0) is 18.2 Å². The predicted molar refractivity (Wildman–Crippen MR) is 108 cm³/mol. The number of carbonyl (C=O) groups is 1. The quantitative estimate of drug-likeness (QED) is 0.410. The van der Waals surface area contributed by atoms with Crippen LogP contribution >= 0.6 is 11.8 Å². The fourth-order valence-electron chi connectivity index (χ4n) is 2.82. The second-order valence-corrected chi connectivity index (χ2v) is 7.08. The molecule has 0 fully saturated rings. The molecule has 4 rings (SSSR count). The molecule has 1 N–H and O–H groups in total. The summed E-state index contributed by atoms with van der Waals surface area (Å²) in [5.41, 5.74) is 2.97. The van der Waals surface area contributed by atoms with E-state index in [1.54, 1.807) is 28.7 Å². The third kappa shape index (κ3) is 3.85. The first kappa shape index (κ1) is 17.3. The van der Waals surface area contributed by atoms with E-state index in [1.807, 2.05) is 54.6 Å². The molecule has 134 valence electrons. The maximum absolute atomic E-state index is 12.6. The van der Waals surface area contributed by atoms with Gasteiger partial charge in [0.15, 0.2) is 5.65 Å². The van der Waals surface area contributed by atoms with Crippen molar-refractivity contribution in [2.75, 3.05) is 12.3 Å². The summed E-state index contributed by atoms with van der Waals surface area (Å²) >= 11 is 1.71. The summed E-state index contributed by atoms with van der Waals surface area (Å²) < 4.78 is 1.71. The molecular weight excluding hydrogens is 356 g/mol. The van der Waals surface area contributed by atoms with Crippen molar-refractivity contribution in [3.8, 4) is 11.3 Å². The summed E-state index contributed by atoms with van der Waals surface area (Å²) in [7, 11) is 0. The van der Waals surface area contributed by atoms with E-state index < -0.39 is 0 Å². The van der Waals surface area contributed by atoms with Crippen LogP contribution in [0.5, 0.6) is 0 Å². The van der Waals surface area contributed by atoms with Crippen LogP contribution < -0.4 is 5.32 Å². The van der Waals surface area contributed by atoms with E-state index in [2.05, 4.69) is 27.5 Å². The largest absolute Gasteiger partial charge is 0.351 e. The fourth-order valence-corrected chi connectivity index (χ4v) is 3.61. The Morgan fingerprint density at radius 1 is 1.00 bits per heavy atom. The van der Waals surface area contributed by atoms with Gasteiger partial charge in [-0.3, -0.25) is 4.79 Å². The Bertz CT molecular complexity index is 1050. The number of fused-ring (bicyclic) bond motifs is 1. The average Bonchev–Trinajstić information content (AvgIpc) is 3.17. The van der Waals surface area contributed by atoms with Gasteiger partial charge < -0.3 is 5.32 Å². The molecule has 2 aromatic carbocycles. The highest BCUT2D eigenvalue weighted by atomic mass is 32.2. The third-order valence-corrected chi connectivity index (χ3v) is 5.13. The van der Waals surface area contributed by atoms with Crippen LogP contribution in [0, 0.1) is 0 Å². The van der Waals surface area contributed by atoms with E-state index in [0.717, 1.165) is 17.0 Å². The third-order valence-electron chi connectivity index (χ3n) is 4.11. The van der Waals surface area contributed by atoms with Crippen LogP contribution in [-0.4, -0.2) is 32.8 Å². The lowest BCUT2D eigenvalue weighted by Gasteiger charge is -2.06. The molecule has 2 heterocycles. The number of rotatable bonds is 6. The molecule has 0 aliphatic heterocycles. The van der Waals surface area contributed by atoms with E-state index in [1.165, 1.54) is 4.90 Å². The SMILES string of the molecule is O=C(NCCSc1ccccc1)c1cnn2c(-c3ccccc3)ccnc12. The normalized spacial score (nSPS) is 10.8. The molecule has 27 heavy (non-hydrogen) atoms. The van der Waals surface area contributed by atoms with Gasteiger partial charge in [0.25, 0.3) is 5.91 Å². The summed E-state index contributed by atoms with van der Waals surface area (Å²) in [6.07, 6.45) is 3.29. The zero-order valence-electron chi connectivity index (χ0n) is 14.6. The Morgan fingerprint density at radius 2 is 1.74 bits per heavy atom. The molecule has 2 aromatic heterocycles. The van der Waals surface area contributed by atoms with E-state index in [9.17, 15) is 4.79 Å². The summed E-state index contributed by atoms with van der Waals surface area (Å²) in [5.74, 6) is 0.647. The van der Waals surface area contributed by atoms with Gasteiger partial charge in [0.1, 0.15) is 5.56 Å². The molecule has 0 atom stereocenters. The smallest absolute Gasteiger partial charge is 0.256 e. The fraction of sp³-hybridized carbons (Fsp3) is 0.0952. The van der Waals surface area contributed by atoms with Crippen molar-refractivity contribution >= 4 is 23.3 Å². The van der Waals surface area contributed by atoms with E-state index in [-0.39, 0.29) is 5.91 Å². The van der Waals surface area contributed by atoms with Crippen LogP contribution in [-0.2, 0) is 0 Å². The summed E-state index contributed by atoms with van der Waals surface area (Å²) in [5, 5.41) is 7.33. The lowest BCUT2D eigenvalue weighted by molar-refractivity contribution is 0.0957. The molecule has 0 aliphatic rings. The van der Waals surface area contributed by atoms with Crippen molar-refractivity contribution in [2.24, 2.45) is 0 Å². The first-order chi connectivity index (χ1) is 13.3. The van der Waals surface area contributed by atoms with Gasteiger partial charge in [-0.2, -0.15) is 5.10 Å². The Morgan fingerprint density at radius 3 is 2.52 bits per heavy atom. The number of amides is 1. The first-order valence-corrected chi connectivity index (χ1v) is 9.66. The number of hydrogen-bond donors (Lipinski definition) is 1. The molecule has 1 amide bonds. The van der Waals surface area contributed by atoms with E-state index in [0.29, 0.717) is 17.8 Å². The molecule has 0 saturated heterocycles. The van der Waals surface area contributed by atoms with Crippen molar-refractivity contribution < 1.29 is 4.79 Å². The minimum Gasteiger partial charge on any atom is -0.351 e. The lowest BCUT2D eigenvalue weighted by Crippen LogP contribution is -2.25. The number of aromatic nitrogens is 3. The number of benzene rings is 2. The number of nitrogens with zero attached hydrogens (tertiary/aromatic N) is 3. The minimum absolute atomic E-state index is 0.156. The van der Waals surface area contributed by atoms with E-state index in [4.69, 9.17) is 0 Å². The molecule has 0 radical (unpaired) electrons. The zero-order chi connectivity index (χ0) is 18.5. The molecule has 4 aromatic rings. The zero-order valence-corrected chi connectivity index (χ0v) is 15.4. The maximum Gasteiger partial charge on any atom is 0.256 e. The van der Waals surface area contributed by atoms with Crippen LogP contribution in [0.2, 0.25) is 0 Å². The highest BCUT2D eigenvalue weighted by molar-refractivity contribution is 7.99. The number of carbonyl (C=O) groups excluding carboxylic acids is 1.